The van der Waals surface area contributed by atoms with Crippen LogP contribution in [0.15, 0.2) is 11.8 Å². The topological polar surface area (TPSA) is 55.4 Å². The van der Waals surface area contributed by atoms with E-state index in [-0.39, 0.29) is 11.8 Å². The van der Waals surface area contributed by atoms with Gasteiger partial charge in [0.2, 0.25) is 5.91 Å². The van der Waals surface area contributed by atoms with Crippen LogP contribution in [0.4, 0.5) is 0 Å². The van der Waals surface area contributed by atoms with Crippen molar-refractivity contribution < 1.29 is 14.3 Å². The molecule has 1 amide bonds. The summed E-state index contributed by atoms with van der Waals surface area (Å²) in [6.45, 7) is 5.16. The average molecular weight is 185 g/mol. The SMILES string of the molecule is COC(=O)/C=C(/NC(C)=O)C(C)C. The Labute approximate surface area is 78.0 Å². The van der Waals surface area contributed by atoms with Crippen molar-refractivity contribution in [2.24, 2.45) is 5.92 Å². The Kier molecular flexibility index (Phi) is 4.80. The predicted molar refractivity (Wildman–Crippen MR) is 48.8 cm³/mol. The smallest absolute Gasteiger partial charge is 0.332 e. The molecule has 0 bridgehead atoms. The highest BCUT2D eigenvalue weighted by Gasteiger charge is 2.07. The molecule has 0 atom stereocenters. The minimum atomic E-state index is -0.461. The molecule has 0 spiro atoms. The number of methoxy groups -OCH3 is 1. The van der Waals surface area contributed by atoms with Gasteiger partial charge in [0, 0.05) is 18.7 Å². The minimum absolute atomic E-state index is 0.0861. The van der Waals surface area contributed by atoms with E-state index in [9.17, 15) is 9.59 Å². The van der Waals surface area contributed by atoms with E-state index in [1.165, 1.54) is 20.1 Å². The lowest BCUT2D eigenvalue weighted by Crippen LogP contribution is -2.23. The summed E-state index contributed by atoms with van der Waals surface area (Å²) in [5, 5.41) is 2.57. The number of nitrogens with one attached hydrogen (secondary N) is 1. The number of esters is 1. The van der Waals surface area contributed by atoms with Crippen molar-refractivity contribution in [1.29, 1.82) is 0 Å². The van der Waals surface area contributed by atoms with Crippen LogP contribution in [0, 0.1) is 5.92 Å². The molecule has 0 aromatic carbocycles. The minimum Gasteiger partial charge on any atom is -0.466 e. The molecule has 0 saturated heterocycles. The largest absolute Gasteiger partial charge is 0.466 e. The van der Waals surface area contributed by atoms with Gasteiger partial charge in [-0.15, -0.1) is 0 Å². The summed E-state index contributed by atoms with van der Waals surface area (Å²) in [6, 6.07) is 0. The van der Waals surface area contributed by atoms with Gasteiger partial charge in [-0.3, -0.25) is 4.79 Å². The molecule has 0 heterocycles. The van der Waals surface area contributed by atoms with Crippen molar-refractivity contribution in [3.8, 4) is 0 Å². The molecule has 0 aliphatic heterocycles. The van der Waals surface area contributed by atoms with Crippen molar-refractivity contribution in [2.45, 2.75) is 20.8 Å². The maximum atomic E-state index is 10.9. The van der Waals surface area contributed by atoms with Crippen molar-refractivity contribution in [3.05, 3.63) is 11.8 Å². The van der Waals surface area contributed by atoms with Crippen LogP contribution in [0.5, 0.6) is 0 Å². The molecule has 0 aromatic heterocycles. The van der Waals surface area contributed by atoms with E-state index in [2.05, 4.69) is 10.1 Å². The number of hydrogen-bond donors (Lipinski definition) is 1. The third kappa shape index (κ3) is 5.00. The molecule has 0 fully saturated rings. The van der Waals surface area contributed by atoms with Gasteiger partial charge < -0.3 is 10.1 Å². The summed E-state index contributed by atoms with van der Waals surface area (Å²) < 4.78 is 4.45. The first-order valence-corrected chi connectivity index (χ1v) is 4.04. The fraction of sp³-hybridized carbons (Fsp3) is 0.556. The summed E-state index contributed by atoms with van der Waals surface area (Å²) in [6.07, 6.45) is 1.28. The first-order chi connectivity index (χ1) is 5.97. The van der Waals surface area contributed by atoms with Crippen LogP contribution >= 0.6 is 0 Å². The van der Waals surface area contributed by atoms with Crippen molar-refractivity contribution >= 4 is 11.9 Å². The summed E-state index contributed by atoms with van der Waals surface area (Å²) in [5.41, 5.74) is 0.569. The van der Waals surface area contributed by atoms with Gasteiger partial charge in [-0.2, -0.15) is 0 Å². The summed E-state index contributed by atoms with van der Waals surface area (Å²) in [4.78, 5) is 21.6. The van der Waals surface area contributed by atoms with Crippen LogP contribution in [-0.2, 0) is 14.3 Å². The van der Waals surface area contributed by atoms with Gasteiger partial charge in [0.1, 0.15) is 0 Å². The molecule has 4 nitrogen and oxygen atoms in total. The molecule has 0 saturated carbocycles. The summed E-state index contributed by atoms with van der Waals surface area (Å²) >= 11 is 0. The van der Waals surface area contributed by atoms with E-state index in [4.69, 9.17) is 0 Å². The summed E-state index contributed by atoms with van der Waals surface area (Å²) in [5.74, 6) is -0.565. The van der Waals surface area contributed by atoms with E-state index < -0.39 is 5.97 Å². The second kappa shape index (κ2) is 5.35. The van der Waals surface area contributed by atoms with Gasteiger partial charge in [0.05, 0.1) is 7.11 Å². The first-order valence-electron chi connectivity index (χ1n) is 4.04. The van der Waals surface area contributed by atoms with Crippen molar-refractivity contribution in [1.82, 2.24) is 5.32 Å². The molecule has 4 heteroatoms. The van der Waals surface area contributed by atoms with Crippen molar-refractivity contribution in [3.63, 3.8) is 0 Å². The number of carbonyl (C=O) groups is 2. The highest BCUT2D eigenvalue weighted by molar-refractivity contribution is 5.84. The number of allylic oxidation sites excluding steroid dienone is 1. The number of ether oxygens (including phenoxy) is 1. The molecule has 0 radical (unpaired) electrons. The van der Waals surface area contributed by atoms with Gasteiger partial charge in [-0.1, -0.05) is 13.8 Å². The monoisotopic (exact) mass is 185 g/mol. The number of amides is 1. The summed E-state index contributed by atoms with van der Waals surface area (Å²) in [7, 11) is 1.30. The zero-order valence-corrected chi connectivity index (χ0v) is 8.38. The zero-order chi connectivity index (χ0) is 10.4. The zero-order valence-electron chi connectivity index (χ0n) is 8.38. The maximum absolute atomic E-state index is 10.9. The fourth-order valence-corrected chi connectivity index (χ4v) is 0.736. The second-order valence-corrected chi connectivity index (χ2v) is 2.96. The lowest BCUT2D eigenvalue weighted by atomic mass is 10.1. The van der Waals surface area contributed by atoms with E-state index in [0.29, 0.717) is 5.70 Å². The Hall–Kier alpha value is -1.32. The third-order valence-electron chi connectivity index (χ3n) is 1.42. The Morgan fingerprint density at radius 2 is 1.92 bits per heavy atom. The van der Waals surface area contributed by atoms with Gasteiger partial charge >= 0.3 is 5.97 Å². The number of hydrogen-bond acceptors (Lipinski definition) is 3. The number of rotatable bonds is 3. The molecule has 0 aromatic rings. The van der Waals surface area contributed by atoms with E-state index in [0.717, 1.165) is 0 Å². The first kappa shape index (κ1) is 11.7. The quantitative estimate of drug-likeness (QED) is 0.523. The second-order valence-electron chi connectivity index (χ2n) is 2.96. The highest BCUT2D eigenvalue weighted by atomic mass is 16.5. The highest BCUT2D eigenvalue weighted by Crippen LogP contribution is 2.05. The van der Waals surface area contributed by atoms with Gasteiger partial charge in [-0.05, 0) is 5.92 Å². The molecule has 74 valence electrons. The Balaban J connectivity index is 4.50. The molecule has 0 rings (SSSR count). The predicted octanol–water partition coefficient (Wildman–Crippen LogP) is 0.835. The van der Waals surface area contributed by atoms with Crippen LogP contribution in [-0.4, -0.2) is 19.0 Å². The van der Waals surface area contributed by atoms with E-state index >= 15 is 0 Å². The molecule has 0 aliphatic carbocycles. The van der Waals surface area contributed by atoms with Crippen molar-refractivity contribution in [2.75, 3.05) is 7.11 Å². The Bertz CT molecular complexity index is 231. The van der Waals surface area contributed by atoms with Gasteiger partial charge in [0.25, 0.3) is 0 Å². The van der Waals surface area contributed by atoms with Crippen LogP contribution in [0.2, 0.25) is 0 Å². The van der Waals surface area contributed by atoms with Crippen LogP contribution in [0.1, 0.15) is 20.8 Å². The van der Waals surface area contributed by atoms with Gasteiger partial charge in [-0.25, -0.2) is 4.79 Å². The van der Waals surface area contributed by atoms with Crippen LogP contribution in [0.3, 0.4) is 0 Å². The number of carbonyl (C=O) groups excluding carboxylic acids is 2. The van der Waals surface area contributed by atoms with Crippen LogP contribution in [0.25, 0.3) is 0 Å². The molecule has 13 heavy (non-hydrogen) atoms. The average Bonchev–Trinajstić information content (AvgIpc) is 2.02. The Morgan fingerprint density at radius 1 is 1.38 bits per heavy atom. The molecule has 0 unspecified atom stereocenters. The molecular weight excluding hydrogens is 170 g/mol. The fourth-order valence-electron chi connectivity index (χ4n) is 0.736. The maximum Gasteiger partial charge on any atom is 0.332 e. The Morgan fingerprint density at radius 3 is 2.23 bits per heavy atom. The standard InChI is InChI=1S/C9H15NO3/c1-6(2)8(10-7(3)11)5-9(12)13-4/h5-6H,1-4H3,(H,10,11)/b8-5+. The normalized spacial score (nSPS) is 11.3. The molecule has 1 N–H and O–H groups in total. The third-order valence-corrected chi connectivity index (χ3v) is 1.42. The lowest BCUT2D eigenvalue weighted by molar-refractivity contribution is -0.134. The molecular formula is C9H15NO3. The lowest BCUT2D eigenvalue weighted by Gasteiger charge is -2.10. The van der Waals surface area contributed by atoms with E-state index in [1.54, 1.807) is 0 Å². The molecule has 0 aliphatic rings. The van der Waals surface area contributed by atoms with Gasteiger partial charge in [0.15, 0.2) is 0 Å². The van der Waals surface area contributed by atoms with Crippen LogP contribution < -0.4 is 5.32 Å². The van der Waals surface area contributed by atoms with E-state index in [1.807, 2.05) is 13.8 Å².